The first kappa shape index (κ1) is 15.4. The van der Waals surface area contributed by atoms with Crippen LogP contribution in [0, 0.1) is 0 Å². The highest BCUT2D eigenvalue weighted by molar-refractivity contribution is 5.80. The van der Waals surface area contributed by atoms with Gasteiger partial charge in [-0.1, -0.05) is 6.92 Å². The third kappa shape index (κ3) is 4.25. The second kappa shape index (κ2) is 6.53. The van der Waals surface area contributed by atoms with Gasteiger partial charge in [-0.05, 0) is 53.6 Å². The van der Waals surface area contributed by atoms with Gasteiger partial charge in [0.15, 0.2) is 0 Å². The van der Waals surface area contributed by atoms with Gasteiger partial charge in [-0.3, -0.25) is 10.1 Å². The summed E-state index contributed by atoms with van der Waals surface area (Å²) in [6, 6.07) is 0.856. The molecule has 0 spiro atoms. The van der Waals surface area contributed by atoms with Gasteiger partial charge in [0.1, 0.15) is 5.54 Å². The van der Waals surface area contributed by atoms with Gasteiger partial charge >= 0.3 is 5.97 Å². The largest absolute Gasteiger partial charge is 0.465 e. The van der Waals surface area contributed by atoms with E-state index in [1.807, 2.05) is 13.8 Å². The van der Waals surface area contributed by atoms with Crippen LogP contribution in [0.15, 0.2) is 0 Å². The molecule has 106 valence electrons. The molecule has 2 unspecified atom stereocenters. The van der Waals surface area contributed by atoms with Gasteiger partial charge in [0, 0.05) is 12.1 Å². The Morgan fingerprint density at radius 2 is 2.11 bits per heavy atom. The maximum atomic E-state index is 12.2. The van der Waals surface area contributed by atoms with Crippen molar-refractivity contribution < 1.29 is 9.53 Å². The first-order valence-electron chi connectivity index (χ1n) is 7.08. The smallest absolute Gasteiger partial charge is 0.326 e. The van der Waals surface area contributed by atoms with Gasteiger partial charge in [-0.2, -0.15) is 0 Å². The van der Waals surface area contributed by atoms with E-state index in [9.17, 15) is 4.79 Å². The maximum Gasteiger partial charge on any atom is 0.326 e. The molecule has 0 aromatic heterocycles. The first-order valence-corrected chi connectivity index (χ1v) is 7.08. The molecule has 0 amide bonds. The predicted octanol–water partition coefficient (Wildman–Crippen LogP) is 1.79. The number of nitrogens with one attached hydrogen (secondary N) is 1. The third-order valence-electron chi connectivity index (χ3n) is 3.78. The van der Waals surface area contributed by atoms with E-state index in [2.05, 4.69) is 31.1 Å². The lowest BCUT2D eigenvalue weighted by molar-refractivity contribution is -0.151. The number of nitrogens with zero attached hydrogens (tertiary/aromatic N) is 1. The van der Waals surface area contributed by atoms with Crippen LogP contribution in [0.1, 0.15) is 47.0 Å². The van der Waals surface area contributed by atoms with E-state index in [0.29, 0.717) is 18.7 Å². The van der Waals surface area contributed by atoms with Crippen molar-refractivity contribution in [2.75, 3.05) is 20.2 Å². The van der Waals surface area contributed by atoms with Crippen LogP contribution in [0.5, 0.6) is 0 Å². The van der Waals surface area contributed by atoms with E-state index >= 15 is 0 Å². The van der Waals surface area contributed by atoms with Gasteiger partial charge in [-0.15, -0.1) is 0 Å². The predicted molar refractivity (Wildman–Crippen MR) is 73.6 cm³/mol. The highest BCUT2D eigenvalue weighted by Gasteiger charge is 2.40. The highest BCUT2D eigenvalue weighted by atomic mass is 16.5. The Morgan fingerprint density at radius 3 is 2.56 bits per heavy atom. The van der Waals surface area contributed by atoms with Gasteiger partial charge < -0.3 is 9.64 Å². The molecule has 1 rings (SSSR count). The molecule has 1 fully saturated rings. The monoisotopic (exact) mass is 256 g/mol. The van der Waals surface area contributed by atoms with Crippen molar-refractivity contribution in [1.82, 2.24) is 10.2 Å². The molecule has 4 nitrogen and oxygen atoms in total. The lowest BCUT2D eigenvalue weighted by Gasteiger charge is -2.34. The Balaban J connectivity index is 2.66. The quantitative estimate of drug-likeness (QED) is 0.672. The van der Waals surface area contributed by atoms with Gasteiger partial charge in [0.05, 0.1) is 6.61 Å². The van der Waals surface area contributed by atoms with Crippen molar-refractivity contribution in [1.29, 1.82) is 0 Å². The van der Waals surface area contributed by atoms with E-state index in [4.69, 9.17) is 4.74 Å². The van der Waals surface area contributed by atoms with Crippen LogP contribution in [0.2, 0.25) is 0 Å². The molecular weight excluding hydrogens is 228 g/mol. The molecule has 1 saturated carbocycles. The van der Waals surface area contributed by atoms with Crippen LogP contribution in [-0.2, 0) is 9.53 Å². The minimum Gasteiger partial charge on any atom is -0.465 e. The van der Waals surface area contributed by atoms with Gasteiger partial charge in [-0.25, -0.2) is 0 Å². The molecule has 4 heteroatoms. The van der Waals surface area contributed by atoms with E-state index in [1.165, 1.54) is 12.8 Å². The zero-order valence-corrected chi connectivity index (χ0v) is 12.5. The number of ether oxygens (including phenoxy) is 1. The lowest BCUT2D eigenvalue weighted by Crippen LogP contribution is -2.54. The summed E-state index contributed by atoms with van der Waals surface area (Å²) in [5.74, 6) is -0.117. The Hall–Kier alpha value is -0.610. The number of rotatable bonds is 8. The minimum absolute atomic E-state index is 0.117. The lowest BCUT2D eigenvalue weighted by atomic mass is 9.92. The van der Waals surface area contributed by atoms with Gasteiger partial charge in [0.25, 0.3) is 0 Å². The molecule has 0 bridgehead atoms. The minimum atomic E-state index is -0.556. The zero-order chi connectivity index (χ0) is 13.8. The van der Waals surface area contributed by atoms with Crippen LogP contribution < -0.4 is 5.32 Å². The molecule has 0 radical (unpaired) electrons. The molecule has 1 N–H and O–H groups in total. The molecular formula is C14H28N2O2. The molecule has 2 atom stereocenters. The Bertz CT molecular complexity index is 279. The van der Waals surface area contributed by atoms with Crippen molar-refractivity contribution in [2.24, 2.45) is 0 Å². The SMILES string of the molecule is CCOC(=O)C(C)(CC(C)N(C)CC)NC1CC1. The molecule has 0 heterocycles. The third-order valence-corrected chi connectivity index (χ3v) is 3.78. The summed E-state index contributed by atoms with van der Waals surface area (Å²) in [4.78, 5) is 14.4. The fraction of sp³-hybridized carbons (Fsp3) is 0.929. The molecule has 0 aliphatic heterocycles. The van der Waals surface area contributed by atoms with Gasteiger partial charge in [0.2, 0.25) is 0 Å². The average molecular weight is 256 g/mol. The van der Waals surface area contributed by atoms with E-state index in [1.54, 1.807) is 0 Å². The summed E-state index contributed by atoms with van der Waals surface area (Å²) >= 11 is 0. The Kier molecular flexibility index (Phi) is 5.60. The molecule has 0 aromatic carbocycles. The first-order chi connectivity index (χ1) is 8.42. The summed E-state index contributed by atoms with van der Waals surface area (Å²) in [5.41, 5.74) is -0.556. The standard InChI is InChI=1S/C14H28N2O2/c1-6-16(5)11(3)10-14(4,13(17)18-7-2)15-12-8-9-12/h11-12,15H,6-10H2,1-5H3. The molecule has 1 aliphatic rings. The van der Waals surface area contributed by atoms with Crippen molar-refractivity contribution in [3.8, 4) is 0 Å². The van der Waals surface area contributed by atoms with Crippen molar-refractivity contribution in [3.05, 3.63) is 0 Å². The molecule has 18 heavy (non-hydrogen) atoms. The van der Waals surface area contributed by atoms with Crippen LogP contribution >= 0.6 is 0 Å². The summed E-state index contributed by atoms with van der Waals surface area (Å²) in [5, 5.41) is 3.46. The highest BCUT2D eigenvalue weighted by Crippen LogP contribution is 2.26. The average Bonchev–Trinajstić information content (AvgIpc) is 3.11. The molecule has 0 saturated heterocycles. The second-order valence-corrected chi connectivity index (χ2v) is 5.60. The summed E-state index contributed by atoms with van der Waals surface area (Å²) < 4.78 is 5.23. The zero-order valence-electron chi connectivity index (χ0n) is 12.5. The Labute approximate surface area is 111 Å². The van der Waals surface area contributed by atoms with Crippen molar-refractivity contribution in [3.63, 3.8) is 0 Å². The maximum absolute atomic E-state index is 12.2. The van der Waals surface area contributed by atoms with Crippen LogP contribution in [0.3, 0.4) is 0 Å². The number of hydrogen-bond acceptors (Lipinski definition) is 4. The van der Waals surface area contributed by atoms with E-state index in [0.717, 1.165) is 13.0 Å². The summed E-state index contributed by atoms with van der Waals surface area (Å²) in [6.07, 6.45) is 3.13. The normalized spacial score (nSPS) is 20.6. The van der Waals surface area contributed by atoms with Crippen LogP contribution in [0.25, 0.3) is 0 Å². The van der Waals surface area contributed by atoms with E-state index in [-0.39, 0.29) is 5.97 Å². The topological polar surface area (TPSA) is 41.6 Å². The fourth-order valence-electron chi connectivity index (χ4n) is 2.23. The number of carbonyl (C=O) groups excluding carboxylic acids is 1. The fourth-order valence-corrected chi connectivity index (χ4v) is 2.23. The molecule has 1 aliphatic carbocycles. The van der Waals surface area contributed by atoms with Crippen molar-refractivity contribution in [2.45, 2.75) is 64.6 Å². The number of esters is 1. The number of hydrogen-bond donors (Lipinski definition) is 1. The summed E-state index contributed by atoms with van der Waals surface area (Å²) in [6.45, 7) is 9.56. The molecule has 0 aromatic rings. The number of carbonyl (C=O) groups is 1. The van der Waals surface area contributed by atoms with Crippen molar-refractivity contribution >= 4 is 5.97 Å². The van der Waals surface area contributed by atoms with Crippen LogP contribution in [-0.4, -0.2) is 48.7 Å². The second-order valence-electron chi connectivity index (χ2n) is 5.60. The van der Waals surface area contributed by atoms with E-state index < -0.39 is 5.54 Å². The summed E-state index contributed by atoms with van der Waals surface area (Å²) in [7, 11) is 2.09. The Morgan fingerprint density at radius 1 is 1.50 bits per heavy atom. The van der Waals surface area contributed by atoms with Crippen LogP contribution in [0.4, 0.5) is 0 Å².